The molecule has 0 N–H and O–H groups in total. The van der Waals surface area contributed by atoms with Crippen molar-refractivity contribution in [3.63, 3.8) is 0 Å². The largest absolute Gasteiger partial charge is 0.497 e. The molecule has 2 aromatic heterocycles. The number of methoxy groups -OCH3 is 2. The molecule has 0 saturated carbocycles. The van der Waals surface area contributed by atoms with E-state index >= 15 is 0 Å². The number of benzene rings is 2. The third-order valence-electron chi connectivity index (χ3n) is 7.09. The van der Waals surface area contributed by atoms with E-state index in [1.807, 2.05) is 27.7 Å². The van der Waals surface area contributed by atoms with E-state index in [1.54, 1.807) is 36.4 Å². The van der Waals surface area contributed by atoms with E-state index < -0.39 is 41.9 Å². The van der Waals surface area contributed by atoms with Gasteiger partial charge >= 0.3 is 19.1 Å². The Balaban J connectivity index is 0.000000192. The van der Waals surface area contributed by atoms with Gasteiger partial charge in [0, 0.05) is 37.9 Å². The Hall–Kier alpha value is -3.42. The van der Waals surface area contributed by atoms with Crippen molar-refractivity contribution >= 4 is 63.7 Å². The lowest BCUT2D eigenvalue weighted by molar-refractivity contribution is 0.00578. The molecule has 3 heterocycles. The Labute approximate surface area is 284 Å². The molecule has 1 aliphatic rings. The summed E-state index contributed by atoms with van der Waals surface area (Å²) in [6, 6.07) is 12.6. The maximum Gasteiger partial charge on any atom is 0.497 e. The molecule has 0 spiro atoms. The van der Waals surface area contributed by atoms with Gasteiger partial charge in [0.1, 0.15) is 11.6 Å². The van der Waals surface area contributed by atoms with Gasteiger partial charge < -0.3 is 18.8 Å². The number of pyridine rings is 2. The summed E-state index contributed by atoms with van der Waals surface area (Å²) in [5, 5.41) is 0.896. The molecule has 242 valence electrons. The van der Waals surface area contributed by atoms with Gasteiger partial charge in [-0.05, 0) is 91.7 Å². The van der Waals surface area contributed by atoms with E-state index in [4.69, 9.17) is 32.5 Å². The first kappa shape index (κ1) is 37.0. The zero-order valence-corrected chi connectivity index (χ0v) is 28.8. The van der Waals surface area contributed by atoms with Gasteiger partial charge in [0.05, 0.1) is 48.9 Å². The van der Waals surface area contributed by atoms with Crippen molar-refractivity contribution in [1.29, 1.82) is 0 Å². The lowest BCUT2D eigenvalue weighted by Gasteiger charge is -2.32. The molecule has 46 heavy (non-hydrogen) atoms. The number of aromatic nitrogens is 2. The summed E-state index contributed by atoms with van der Waals surface area (Å²) in [5.74, 6) is -1.88. The summed E-state index contributed by atoms with van der Waals surface area (Å²) in [6.45, 7) is 7.75. The fraction of sp³-hybridized carbons (Fsp3) is 0.250. The molecular weight excluding hydrogens is 708 g/mol. The van der Waals surface area contributed by atoms with Crippen LogP contribution < -0.4 is 5.46 Å². The Kier molecular flexibility index (Phi) is 12.8. The summed E-state index contributed by atoms with van der Waals surface area (Å²) in [7, 11) is 1.93. The molecule has 1 fully saturated rings. The molecule has 14 heteroatoms. The predicted molar refractivity (Wildman–Crippen MR) is 176 cm³/mol. The van der Waals surface area contributed by atoms with Gasteiger partial charge in [-0.3, -0.25) is 9.97 Å². The second kappa shape index (κ2) is 15.9. The van der Waals surface area contributed by atoms with Crippen molar-refractivity contribution in [3.8, 4) is 11.1 Å². The molecule has 0 unspecified atom stereocenters. The number of hydrogen-bond donors (Lipinski definition) is 0. The molecule has 2 aromatic carbocycles. The van der Waals surface area contributed by atoms with E-state index in [9.17, 15) is 18.4 Å². The highest BCUT2D eigenvalue weighted by atomic mass is 79.9. The molecule has 1 saturated heterocycles. The van der Waals surface area contributed by atoms with Gasteiger partial charge in [0.25, 0.3) is 0 Å². The maximum absolute atomic E-state index is 13.7. The molecule has 0 aliphatic carbocycles. The Bertz CT molecular complexity index is 1700. The fourth-order valence-electron chi connectivity index (χ4n) is 3.93. The summed E-state index contributed by atoms with van der Waals surface area (Å²) < 4.78 is 48.6. The molecule has 1 aliphatic heterocycles. The van der Waals surface area contributed by atoms with Crippen molar-refractivity contribution in [2.45, 2.75) is 38.9 Å². The monoisotopic (exact) mass is 736 g/mol. The van der Waals surface area contributed by atoms with Crippen LogP contribution in [-0.4, -0.2) is 54.4 Å². The van der Waals surface area contributed by atoms with Crippen molar-refractivity contribution in [1.82, 2.24) is 9.97 Å². The minimum Gasteiger partial charge on any atom is -0.465 e. The maximum atomic E-state index is 13.7. The van der Waals surface area contributed by atoms with Crippen LogP contribution in [0.15, 0.2) is 77.8 Å². The van der Waals surface area contributed by atoms with Gasteiger partial charge in [-0.15, -0.1) is 0 Å². The van der Waals surface area contributed by atoms with Crippen LogP contribution in [0.25, 0.3) is 11.1 Å². The average molecular weight is 738 g/mol. The minimum atomic E-state index is -0.659. The summed E-state index contributed by atoms with van der Waals surface area (Å²) in [4.78, 5) is 30.1. The van der Waals surface area contributed by atoms with E-state index in [0.29, 0.717) is 31.1 Å². The van der Waals surface area contributed by atoms with Crippen LogP contribution in [0, 0.1) is 11.6 Å². The standard InChI is InChI=1S/C13H9ClFNO2.C11H15BFNO2.C8H6BrClO2/c1-18-13(17)11-6-8(14)2-3-9(11)10-4-5-16-7-12(10)15;1-10(2)11(3,4)16-12(15-10)8-5-6-14-7-9(8)13;1-12-8(11)6-4-5(10)2-3-7(6)9/h2-7H,1H3;5-7H,1-4H3;2-4H,1H3. The number of rotatable bonds is 4. The lowest BCUT2D eigenvalue weighted by Crippen LogP contribution is -2.41. The van der Waals surface area contributed by atoms with Crippen molar-refractivity contribution in [2.24, 2.45) is 0 Å². The third kappa shape index (κ3) is 9.10. The SMILES string of the molecule is CC1(C)OB(c2ccncc2F)OC1(C)C.COC(=O)c1cc(Cl)ccc1-c1ccncc1F.COC(=O)c1cc(Cl)ccc1Br. The summed E-state index contributed by atoms with van der Waals surface area (Å²) >= 11 is 14.7. The number of halogens is 5. The molecule has 8 nitrogen and oxygen atoms in total. The van der Waals surface area contributed by atoms with E-state index in [0.717, 1.165) is 6.20 Å². The van der Waals surface area contributed by atoms with Crippen LogP contribution in [0.1, 0.15) is 48.4 Å². The van der Waals surface area contributed by atoms with Crippen molar-refractivity contribution in [2.75, 3.05) is 14.2 Å². The zero-order chi connectivity index (χ0) is 34.2. The van der Waals surface area contributed by atoms with E-state index in [1.165, 1.54) is 44.9 Å². The highest BCUT2D eigenvalue weighted by molar-refractivity contribution is 9.10. The number of esters is 2. The number of ether oxygens (including phenoxy) is 2. The van der Waals surface area contributed by atoms with Gasteiger partial charge in [-0.1, -0.05) is 29.3 Å². The normalized spacial score (nSPS) is 14.3. The van der Waals surface area contributed by atoms with Crippen LogP contribution in [0.3, 0.4) is 0 Å². The van der Waals surface area contributed by atoms with Crippen LogP contribution in [0.4, 0.5) is 8.78 Å². The first-order valence-electron chi connectivity index (χ1n) is 13.6. The van der Waals surface area contributed by atoms with Crippen molar-refractivity contribution in [3.05, 3.63) is 111 Å². The van der Waals surface area contributed by atoms with Crippen LogP contribution in [0.2, 0.25) is 10.0 Å². The van der Waals surface area contributed by atoms with Gasteiger partial charge in [-0.25, -0.2) is 18.4 Å². The van der Waals surface area contributed by atoms with Crippen LogP contribution in [-0.2, 0) is 18.8 Å². The summed E-state index contributed by atoms with van der Waals surface area (Å²) in [5.41, 5.74) is 0.850. The second-order valence-electron chi connectivity index (χ2n) is 10.6. The van der Waals surface area contributed by atoms with Gasteiger partial charge in [-0.2, -0.15) is 0 Å². The molecule has 0 amide bonds. The third-order valence-corrected chi connectivity index (χ3v) is 8.26. The number of hydrogen-bond acceptors (Lipinski definition) is 8. The molecule has 0 bridgehead atoms. The molecular formula is C32H30BBrCl2F2N2O6. The first-order valence-corrected chi connectivity index (χ1v) is 15.1. The zero-order valence-electron chi connectivity index (χ0n) is 25.7. The highest BCUT2D eigenvalue weighted by Crippen LogP contribution is 2.36. The van der Waals surface area contributed by atoms with Gasteiger partial charge in [0.2, 0.25) is 0 Å². The predicted octanol–water partition coefficient (Wildman–Crippen LogP) is 7.74. The fourth-order valence-corrected chi connectivity index (χ4v) is 4.69. The highest BCUT2D eigenvalue weighted by Gasteiger charge is 2.52. The number of nitrogens with zero attached hydrogens (tertiary/aromatic N) is 2. The Morgan fingerprint density at radius 2 is 1.26 bits per heavy atom. The minimum absolute atomic E-state index is 0.218. The van der Waals surface area contributed by atoms with E-state index in [2.05, 4.69) is 35.4 Å². The smallest absolute Gasteiger partial charge is 0.465 e. The Morgan fingerprint density at radius 1 is 0.761 bits per heavy atom. The average Bonchev–Trinajstić information content (AvgIpc) is 3.24. The lowest BCUT2D eigenvalue weighted by atomic mass is 9.79. The topological polar surface area (TPSA) is 96.8 Å². The van der Waals surface area contributed by atoms with Crippen molar-refractivity contribution < 1.29 is 37.2 Å². The first-order chi connectivity index (χ1) is 21.6. The molecule has 4 aromatic rings. The Morgan fingerprint density at radius 3 is 1.80 bits per heavy atom. The summed E-state index contributed by atoms with van der Waals surface area (Å²) in [6.07, 6.45) is 5.24. The number of carbonyl (C=O) groups excluding carboxylic acids is 2. The van der Waals surface area contributed by atoms with Gasteiger partial charge in [0.15, 0.2) is 0 Å². The second-order valence-corrected chi connectivity index (χ2v) is 12.4. The van der Waals surface area contributed by atoms with E-state index in [-0.39, 0.29) is 11.1 Å². The quantitative estimate of drug-likeness (QED) is 0.155. The van der Waals surface area contributed by atoms with Crippen LogP contribution >= 0.6 is 39.1 Å². The molecule has 5 rings (SSSR count). The number of carbonyl (C=O) groups is 2. The van der Waals surface area contributed by atoms with Crippen LogP contribution in [0.5, 0.6) is 0 Å². The molecule has 0 radical (unpaired) electrons. The molecule has 0 atom stereocenters.